The number of rotatable bonds is 3. The maximum absolute atomic E-state index is 12.2. The SMILES string of the molecule is Nc1cc2c(cc1C(=O)NCC1CCCC1O)OCO2. The third-order valence-corrected chi connectivity index (χ3v) is 3.93. The Morgan fingerprint density at radius 2 is 2.10 bits per heavy atom. The minimum atomic E-state index is -0.315. The maximum Gasteiger partial charge on any atom is 0.253 e. The maximum atomic E-state index is 12.2. The molecule has 4 N–H and O–H groups in total. The second kappa shape index (κ2) is 5.20. The summed E-state index contributed by atoms with van der Waals surface area (Å²) < 4.78 is 10.4. The number of aliphatic hydroxyl groups excluding tert-OH is 1. The number of carbonyl (C=O) groups excluding carboxylic acids is 1. The molecule has 0 radical (unpaired) electrons. The molecular formula is C14H18N2O4. The van der Waals surface area contributed by atoms with Crippen molar-refractivity contribution in [2.45, 2.75) is 25.4 Å². The van der Waals surface area contributed by atoms with Gasteiger partial charge in [-0.15, -0.1) is 0 Å². The van der Waals surface area contributed by atoms with Gasteiger partial charge in [-0.25, -0.2) is 0 Å². The number of nitrogens with two attached hydrogens (primary N) is 1. The smallest absolute Gasteiger partial charge is 0.253 e. The zero-order chi connectivity index (χ0) is 14.1. The van der Waals surface area contributed by atoms with Crippen LogP contribution in [0.3, 0.4) is 0 Å². The third kappa shape index (κ3) is 2.38. The summed E-state index contributed by atoms with van der Waals surface area (Å²) in [5, 5.41) is 12.6. The van der Waals surface area contributed by atoms with E-state index in [9.17, 15) is 9.90 Å². The van der Waals surface area contributed by atoms with E-state index in [0.29, 0.717) is 29.3 Å². The monoisotopic (exact) mass is 278 g/mol. The summed E-state index contributed by atoms with van der Waals surface area (Å²) in [6, 6.07) is 3.19. The number of ether oxygens (including phenoxy) is 2. The Morgan fingerprint density at radius 3 is 2.80 bits per heavy atom. The number of fused-ring (bicyclic) bond motifs is 1. The van der Waals surface area contributed by atoms with Crippen molar-refractivity contribution in [1.29, 1.82) is 0 Å². The molecule has 6 heteroatoms. The molecule has 0 bridgehead atoms. The van der Waals surface area contributed by atoms with Gasteiger partial charge < -0.3 is 25.6 Å². The predicted molar refractivity (Wildman–Crippen MR) is 72.7 cm³/mol. The van der Waals surface area contributed by atoms with Gasteiger partial charge in [-0.05, 0) is 18.9 Å². The molecule has 0 spiro atoms. The molecule has 108 valence electrons. The zero-order valence-electron chi connectivity index (χ0n) is 11.1. The Balaban J connectivity index is 1.68. The standard InChI is InChI=1S/C14H18N2O4/c15-10-5-13-12(19-7-20-13)4-9(10)14(18)16-6-8-2-1-3-11(8)17/h4-5,8,11,17H,1-3,6-7,15H2,(H,16,18). The molecule has 3 rings (SSSR count). The molecule has 1 aromatic carbocycles. The first-order chi connectivity index (χ1) is 9.65. The van der Waals surface area contributed by atoms with Gasteiger partial charge in [0, 0.05) is 24.2 Å². The van der Waals surface area contributed by atoms with Gasteiger partial charge in [0.1, 0.15) is 0 Å². The Kier molecular flexibility index (Phi) is 3.40. The number of anilines is 1. The van der Waals surface area contributed by atoms with E-state index in [4.69, 9.17) is 15.2 Å². The summed E-state index contributed by atoms with van der Waals surface area (Å²) in [6.45, 7) is 0.613. The molecule has 1 aliphatic carbocycles. The molecule has 2 unspecified atom stereocenters. The lowest BCUT2D eigenvalue weighted by Crippen LogP contribution is -2.32. The topological polar surface area (TPSA) is 93.8 Å². The van der Waals surface area contributed by atoms with Gasteiger partial charge >= 0.3 is 0 Å². The molecular weight excluding hydrogens is 260 g/mol. The molecule has 1 amide bonds. The van der Waals surface area contributed by atoms with Crippen LogP contribution < -0.4 is 20.5 Å². The Morgan fingerprint density at radius 1 is 1.35 bits per heavy atom. The van der Waals surface area contributed by atoms with Gasteiger partial charge in [-0.2, -0.15) is 0 Å². The molecule has 20 heavy (non-hydrogen) atoms. The number of nitrogen functional groups attached to an aromatic ring is 1. The van der Waals surface area contributed by atoms with E-state index < -0.39 is 0 Å². The van der Waals surface area contributed by atoms with Crippen molar-refractivity contribution in [3.8, 4) is 11.5 Å². The van der Waals surface area contributed by atoms with E-state index >= 15 is 0 Å². The van der Waals surface area contributed by atoms with E-state index in [1.165, 1.54) is 0 Å². The summed E-state index contributed by atoms with van der Waals surface area (Å²) in [4.78, 5) is 12.2. The van der Waals surface area contributed by atoms with Crippen LogP contribution in [0.2, 0.25) is 0 Å². The minimum Gasteiger partial charge on any atom is -0.454 e. The van der Waals surface area contributed by atoms with Crippen LogP contribution in [0.4, 0.5) is 5.69 Å². The summed E-state index contributed by atoms with van der Waals surface area (Å²) >= 11 is 0. The number of amides is 1. The number of carbonyl (C=O) groups is 1. The third-order valence-electron chi connectivity index (χ3n) is 3.93. The van der Waals surface area contributed by atoms with E-state index in [1.54, 1.807) is 12.1 Å². The Labute approximate surface area is 116 Å². The second-order valence-corrected chi connectivity index (χ2v) is 5.26. The van der Waals surface area contributed by atoms with Crippen molar-refractivity contribution in [2.24, 2.45) is 5.92 Å². The lowest BCUT2D eigenvalue weighted by molar-refractivity contribution is 0.0917. The highest BCUT2D eigenvalue weighted by molar-refractivity contribution is 6.00. The van der Waals surface area contributed by atoms with E-state index in [0.717, 1.165) is 19.3 Å². The first-order valence-electron chi connectivity index (χ1n) is 6.80. The predicted octanol–water partition coefficient (Wildman–Crippen LogP) is 0.888. The number of nitrogens with one attached hydrogen (secondary N) is 1. The molecule has 1 saturated carbocycles. The number of aliphatic hydroxyl groups is 1. The van der Waals surface area contributed by atoms with Crippen LogP contribution >= 0.6 is 0 Å². The lowest BCUT2D eigenvalue weighted by Gasteiger charge is -2.15. The van der Waals surface area contributed by atoms with Crippen molar-refractivity contribution in [3.05, 3.63) is 17.7 Å². The van der Waals surface area contributed by atoms with Crippen LogP contribution in [0, 0.1) is 5.92 Å². The molecule has 6 nitrogen and oxygen atoms in total. The molecule has 1 fully saturated rings. The van der Waals surface area contributed by atoms with Crippen molar-refractivity contribution in [1.82, 2.24) is 5.32 Å². The summed E-state index contributed by atoms with van der Waals surface area (Å²) in [5.41, 5.74) is 6.60. The summed E-state index contributed by atoms with van der Waals surface area (Å²) in [6.07, 6.45) is 2.45. The molecule has 0 saturated heterocycles. The van der Waals surface area contributed by atoms with Crippen LogP contribution in [0.1, 0.15) is 29.6 Å². The van der Waals surface area contributed by atoms with E-state index in [-0.39, 0.29) is 24.7 Å². The fourth-order valence-corrected chi connectivity index (χ4v) is 2.73. The first-order valence-corrected chi connectivity index (χ1v) is 6.80. The van der Waals surface area contributed by atoms with Crippen molar-refractivity contribution < 1.29 is 19.4 Å². The zero-order valence-corrected chi connectivity index (χ0v) is 11.1. The molecule has 1 aliphatic heterocycles. The highest BCUT2D eigenvalue weighted by Crippen LogP contribution is 2.36. The molecule has 1 aromatic rings. The quantitative estimate of drug-likeness (QED) is 0.714. The van der Waals surface area contributed by atoms with E-state index in [1.807, 2.05) is 0 Å². The Hall–Kier alpha value is -1.95. The largest absolute Gasteiger partial charge is 0.454 e. The average molecular weight is 278 g/mol. The fraction of sp³-hybridized carbons (Fsp3) is 0.500. The molecule has 2 atom stereocenters. The van der Waals surface area contributed by atoms with Crippen LogP contribution in [-0.2, 0) is 0 Å². The van der Waals surface area contributed by atoms with Gasteiger partial charge in [0.05, 0.1) is 11.7 Å². The van der Waals surface area contributed by atoms with Crippen molar-refractivity contribution in [2.75, 3.05) is 19.1 Å². The first kappa shape index (κ1) is 13.1. The van der Waals surface area contributed by atoms with Crippen LogP contribution in [0.15, 0.2) is 12.1 Å². The van der Waals surface area contributed by atoms with Crippen LogP contribution in [0.5, 0.6) is 11.5 Å². The van der Waals surface area contributed by atoms with Gasteiger partial charge in [0.2, 0.25) is 6.79 Å². The van der Waals surface area contributed by atoms with Gasteiger partial charge in [0.25, 0.3) is 5.91 Å². The minimum absolute atomic E-state index is 0.134. The normalized spacial score (nSPS) is 23.9. The number of hydrogen-bond acceptors (Lipinski definition) is 5. The van der Waals surface area contributed by atoms with Gasteiger partial charge in [-0.3, -0.25) is 4.79 Å². The summed E-state index contributed by atoms with van der Waals surface area (Å²) in [7, 11) is 0. The van der Waals surface area contributed by atoms with Gasteiger partial charge in [-0.1, -0.05) is 6.42 Å². The highest BCUT2D eigenvalue weighted by Gasteiger charge is 2.26. The lowest BCUT2D eigenvalue weighted by atomic mass is 10.1. The van der Waals surface area contributed by atoms with Crippen molar-refractivity contribution in [3.63, 3.8) is 0 Å². The molecule has 1 heterocycles. The number of benzene rings is 1. The average Bonchev–Trinajstić information content (AvgIpc) is 3.03. The summed E-state index contributed by atoms with van der Waals surface area (Å²) in [5.74, 6) is 0.976. The van der Waals surface area contributed by atoms with E-state index in [2.05, 4.69) is 5.32 Å². The second-order valence-electron chi connectivity index (χ2n) is 5.26. The van der Waals surface area contributed by atoms with Crippen LogP contribution in [0.25, 0.3) is 0 Å². The highest BCUT2D eigenvalue weighted by atomic mass is 16.7. The molecule has 0 aromatic heterocycles. The van der Waals surface area contributed by atoms with Gasteiger partial charge in [0.15, 0.2) is 11.5 Å². The Bertz CT molecular complexity index is 532. The fourth-order valence-electron chi connectivity index (χ4n) is 2.73. The molecule has 2 aliphatic rings. The number of hydrogen-bond donors (Lipinski definition) is 3. The van der Waals surface area contributed by atoms with Crippen LogP contribution in [-0.4, -0.2) is 30.5 Å². The van der Waals surface area contributed by atoms with Crippen molar-refractivity contribution >= 4 is 11.6 Å².